The molecule has 2 aromatic carbocycles. The number of benzene rings is 2. The third-order valence-corrected chi connectivity index (χ3v) is 5.23. The molecule has 2 heterocycles. The third-order valence-electron chi connectivity index (χ3n) is 4.31. The number of fused-ring (bicyclic) bond motifs is 1. The van der Waals surface area contributed by atoms with Crippen molar-refractivity contribution in [2.45, 2.75) is 19.0 Å². The fraction of sp³-hybridized carbons (Fsp3) is 0.158. The number of thioether (sulfide) groups is 1. The lowest BCUT2D eigenvalue weighted by molar-refractivity contribution is 0.102. The second kappa shape index (κ2) is 6.76. The van der Waals surface area contributed by atoms with Gasteiger partial charge in [0.15, 0.2) is 5.78 Å². The summed E-state index contributed by atoms with van der Waals surface area (Å²) >= 11 is 1.34. The van der Waals surface area contributed by atoms with E-state index in [2.05, 4.69) is 20.5 Å². The highest BCUT2D eigenvalue weighted by Gasteiger charge is 2.17. The number of Topliss-reactive ketones (excluding diaryl/α,β-unsaturated/α-hetero) is 1. The van der Waals surface area contributed by atoms with Gasteiger partial charge in [-0.05, 0) is 41.5 Å². The summed E-state index contributed by atoms with van der Waals surface area (Å²) in [6.07, 6.45) is 1.77. The van der Waals surface area contributed by atoms with Crippen molar-refractivity contribution in [3.8, 4) is 5.69 Å². The second-order valence-corrected chi connectivity index (χ2v) is 7.02. The molecule has 0 atom stereocenters. The fourth-order valence-electron chi connectivity index (χ4n) is 3.06. The molecule has 0 unspecified atom stereocenters. The number of H-pyrrole nitrogens is 1. The van der Waals surface area contributed by atoms with Crippen molar-refractivity contribution >= 4 is 28.4 Å². The Morgan fingerprint density at radius 1 is 1.12 bits per heavy atom. The quantitative estimate of drug-likeness (QED) is 0.432. The predicted octanol–water partition coefficient (Wildman–Crippen LogP) is 3.74. The van der Waals surface area contributed by atoms with Crippen LogP contribution >= 0.6 is 11.8 Å². The van der Waals surface area contributed by atoms with Crippen molar-refractivity contribution in [2.24, 2.45) is 0 Å². The smallest absolute Gasteiger partial charge is 0.214 e. The second-order valence-electron chi connectivity index (χ2n) is 6.07. The number of hydrogen-bond acceptors (Lipinski definition) is 5. The summed E-state index contributed by atoms with van der Waals surface area (Å²) in [6.45, 7) is 4.05. The Morgan fingerprint density at radius 3 is 2.69 bits per heavy atom. The molecule has 4 rings (SSSR count). The van der Waals surface area contributed by atoms with Gasteiger partial charge in [-0.1, -0.05) is 48.2 Å². The first-order valence-electron chi connectivity index (χ1n) is 8.22. The molecular formula is C19H17N5OS. The number of carbonyl (C=O) groups is 1. The van der Waals surface area contributed by atoms with Crippen LogP contribution in [0, 0.1) is 13.8 Å². The van der Waals surface area contributed by atoms with Gasteiger partial charge >= 0.3 is 0 Å². The molecule has 130 valence electrons. The topological polar surface area (TPSA) is 76.5 Å². The molecule has 0 saturated carbocycles. The fourth-order valence-corrected chi connectivity index (χ4v) is 3.82. The van der Waals surface area contributed by atoms with Gasteiger partial charge < -0.3 is 4.98 Å². The molecule has 1 N–H and O–H groups in total. The number of para-hydroxylation sites is 2. The Balaban J connectivity index is 1.58. The van der Waals surface area contributed by atoms with Gasteiger partial charge in [0, 0.05) is 22.7 Å². The molecule has 0 aliphatic rings. The van der Waals surface area contributed by atoms with Crippen molar-refractivity contribution in [3.05, 3.63) is 65.4 Å². The summed E-state index contributed by atoms with van der Waals surface area (Å²) in [7, 11) is 0. The van der Waals surface area contributed by atoms with Crippen LogP contribution < -0.4 is 0 Å². The Labute approximate surface area is 154 Å². The molecular weight excluding hydrogens is 346 g/mol. The van der Waals surface area contributed by atoms with Crippen LogP contribution in [0.5, 0.6) is 0 Å². The molecule has 2 aromatic heterocycles. The number of aromatic nitrogens is 5. The molecule has 0 bridgehead atoms. The number of tetrazole rings is 1. The van der Waals surface area contributed by atoms with Gasteiger partial charge in [0.05, 0.1) is 11.4 Å². The number of hydrogen-bond donors (Lipinski definition) is 1. The normalized spacial score (nSPS) is 11.2. The summed E-state index contributed by atoms with van der Waals surface area (Å²) in [6, 6.07) is 13.8. The van der Waals surface area contributed by atoms with Gasteiger partial charge in [-0.25, -0.2) is 0 Å². The van der Waals surface area contributed by atoms with Gasteiger partial charge in [-0.3, -0.25) is 4.79 Å². The van der Waals surface area contributed by atoms with E-state index in [-0.39, 0.29) is 11.5 Å². The van der Waals surface area contributed by atoms with Gasteiger partial charge in [-0.15, -0.1) is 5.10 Å². The monoisotopic (exact) mass is 363 g/mol. The van der Waals surface area contributed by atoms with E-state index in [4.69, 9.17) is 0 Å². The van der Waals surface area contributed by atoms with Crippen LogP contribution in [0.25, 0.3) is 16.6 Å². The summed E-state index contributed by atoms with van der Waals surface area (Å²) in [5.41, 5.74) is 4.78. The van der Waals surface area contributed by atoms with E-state index in [0.717, 1.165) is 27.7 Å². The van der Waals surface area contributed by atoms with Gasteiger partial charge in [0.1, 0.15) is 0 Å². The summed E-state index contributed by atoms with van der Waals surface area (Å²) < 4.78 is 1.71. The van der Waals surface area contributed by atoms with E-state index < -0.39 is 0 Å². The highest BCUT2D eigenvalue weighted by molar-refractivity contribution is 7.99. The lowest BCUT2D eigenvalue weighted by Crippen LogP contribution is -2.06. The minimum Gasteiger partial charge on any atom is -0.360 e. The number of aromatic amines is 1. The maximum atomic E-state index is 12.7. The largest absolute Gasteiger partial charge is 0.360 e. The van der Waals surface area contributed by atoms with Crippen LogP contribution in [0.3, 0.4) is 0 Å². The lowest BCUT2D eigenvalue weighted by Gasteiger charge is -2.10. The number of ketones is 1. The van der Waals surface area contributed by atoms with Crippen molar-refractivity contribution < 1.29 is 4.79 Å². The van der Waals surface area contributed by atoms with Gasteiger partial charge in [0.2, 0.25) is 5.16 Å². The number of carbonyl (C=O) groups excluding carboxylic acids is 1. The molecule has 0 saturated heterocycles. The van der Waals surface area contributed by atoms with Gasteiger partial charge in [0.25, 0.3) is 0 Å². The zero-order valence-electron chi connectivity index (χ0n) is 14.4. The predicted molar refractivity (Wildman–Crippen MR) is 102 cm³/mol. The minimum absolute atomic E-state index is 0.0449. The van der Waals surface area contributed by atoms with Crippen LogP contribution in [0.15, 0.2) is 53.8 Å². The Kier molecular flexibility index (Phi) is 4.30. The zero-order chi connectivity index (χ0) is 18.1. The first-order valence-corrected chi connectivity index (χ1v) is 9.21. The Morgan fingerprint density at radius 2 is 1.88 bits per heavy atom. The molecule has 4 aromatic rings. The highest BCUT2D eigenvalue weighted by atomic mass is 32.2. The van der Waals surface area contributed by atoms with Crippen molar-refractivity contribution in [2.75, 3.05) is 5.75 Å². The van der Waals surface area contributed by atoms with Crippen LogP contribution in [-0.4, -0.2) is 36.7 Å². The third kappa shape index (κ3) is 2.90. The average molecular weight is 363 g/mol. The van der Waals surface area contributed by atoms with Crippen LogP contribution in [-0.2, 0) is 0 Å². The molecule has 0 aliphatic carbocycles. The van der Waals surface area contributed by atoms with Crippen LogP contribution in [0.1, 0.15) is 21.5 Å². The molecule has 7 heteroatoms. The summed E-state index contributed by atoms with van der Waals surface area (Å²) in [5.74, 6) is 0.316. The number of nitrogens with zero attached hydrogens (tertiary/aromatic N) is 4. The van der Waals surface area contributed by atoms with Gasteiger partial charge in [-0.2, -0.15) is 4.68 Å². The van der Waals surface area contributed by atoms with E-state index in [0.29, 0.717) is 10.7 Å². The molecule has 6 nitrogen and oxygen atoms in total. The van der Waals surface area contributed by atoms with Crippen molar-refractivity contribution in [3.63, 3.8) is 0 Å². The zero-order valence-corrected chi connectivity index (χ0v) is 15.2. The highest BCUT2D eigenvalue weighted by Crippen LogP contribution is 2.25. The van der Waals surface area contributed by atoms with Crippen molar-refractivity contribution in [1.82, 2.24) is 25.2 Å². The number of aryl methyl sites for hydroxylation is 2. The first kappa shape index (κ1) is 16.5. The summed E-state index contributed by atoms with van der Waals surface area (Å²) in [4.78, 5) is 15.8. The standard InChI is InChI=1S/C19H17N5OS/c1-12-6-5-7-13(2)18(12)24-19(21-22-23-24)26-11-17(25)15-10-20-16-9-4-3-8-14(15)16/h3-10,20H,11H2,1-2H3. The van der Waals surface area contributed by atoms with E-state index in [9.17, 15) is 4.79 Å². The molecule has 26 heavy (non-hydrogen) atoms. The minimum atomic E-state index is 0.0449. The van der Waals surface area contributed by atoms with Crippen LogP contribution in [0.4, 0.5) is 0 Å². The molecule has 0 aliphatic heterocycles. The Bertz CT molecular complexity index is 1080. The Hall–Kier alpha value is -2.93. The summed E-state index contributed by atoms with van der Waals surface area (Å²) in [5, 5.41) is 13.6. The van der Waals surface area contributed by atoms with E-state index >= 15 is 0 Å². The van der Waals surface area contributed by atoms with E-state index in [1.165, 1.54) is 11.8 Å². The maximum absolute atomic E-state index is 12.7. The SMILES string of the molecule is Cc1cccc(C)c1-n1nnnc1SCC(=O)c1c[nH]c2ccccc12. The van der Waals surface area contributed by atoms with E-state index in [1.807, 2.05) is 56.3 Å². The first-order chi connectivity index (χ1) is 12.6. The lowest BCUT2D eigenvalue weighted by atomic mass is 10.1. The maximum Gasteiger partial charge on any atom is 0.214 e. The molecule has 0 amide bonds. The molecule has 0 radical (unpaired) electrons. The van der Waals surface area contributed by atoms with E-state index in [1.54, 1.807) is 10.9 Å². The molecule has 0 spiro atoms. The average Bonchev–Trinajstić information content (AvgIpc) is 3.26. The number of rotatable bonds is 5. The van der Waals surface area contributed by atoms with Crippen molar-refractivity contribution in [1.29, 1.82) is 0 Å². The number of nitrogens with one attached hydrogen (secondary N) is 1. The molecule has 0 fully saturated rings. The van der Waals surface area contributed by atoms with Crippen LogP contribution in [0.2, 0.25) is 0 Å².